The lowest BCUT2D eigenvalue weighted by atomic mass is 10.1. The molecule has 0 aliphatic rings. The van der Waals surface area contributed by atoms with E-state index in [2.05, 4.69) is 42.9 Å². The van der Waals surface area contributed by atoms with Crippen molar-refractivity contribution in [2.75, 3.05) is 0 Å². The molecule has 0 aliphatic heterocycles. The van der Waals surface area contributed by atoms with Gasteiger partial charge in [-0.15, -0.1) is 0 Å². The van der Waals surface area contributed by atoms with Crippen LogP contribution in [0, 0.1) is 6.92 Å². The molecule has 0 atom stereocenters. The first-order chi connectivity index (χ1) is 8.43. The Morgan fingerprint density at radius 3 is 2.61 bits per heavy atom. The minimum absolute atomic E-state index is 0.0854. The molecule has 2 aromatic rings. The zero-order chi connectivity index (χ0) is 13.3. The highest BCUT2D eigenvalue weighted by Crippen LogP contribution is 2.23. The van der Waals surface area contributed by atoms with Crippen LogP contribution in [0.4, 0.5) is 0 Å². The van der Waals surface area contributed by atoms with Gasteiger partial charge in [0.15, 0.2) is 5.82 Å². The van der Waals surface area contributed by atoms with Gasteiger partial charge in [0.05, 0.1) is 5.54 Å². The smallest absolute Gasteiger partial charge is 0.177 e. The Kier molecular flexibility index (Phi) is 3.24. The van der Waals surface area contributed by atoms with Crippen molar-refractivity contribution in [2.24, 2.45) is 0 Å². The highest BCUT2D eigenvalue weighted by atomic mass is 15.4. The fraction of sp³-hybridized carbons (Fsp3) is 0.615. The van der Waals surface area contributed by atoms with Crippen LogP contribution in [-0.2, 0) is 12.1 Å². The zero-order valence-corrected chi connectivity index (χ0v) is 11.8. The molecule has 98 valence electrons. The van der Waals surface area contributed by atoms with Crippen molar-refractivity contribution in [3.8, 4) is 11.5 Å². The van der Waals surface area contributed by atoms with Crippen LogP contribution < -0.4 is 0 Å². The van der Waals surface area contributed by atoms with Gasteiger partial charge in [-0.3, -0.25) is 4.68 Å². The summed E-state index contributed by atoms with van der Waals surface area (Å²) in [7, 11) is 0. The van der Waals surface area contributed by atoms with Gasteiger partial charge in [0, 0.05) is 12.7 Å². The van der Waals surface area contributed by atoms with Gasteiger partial charge in [0.2, 0.25) is 0 Å². The molecule has 0 aromatic carbocycles. The Bertz CT molecular complexity index is 530. The van der Waals surface area contributed by atoms with E-state index in [0.717, 1.165) is 30.3 Å². The van der Waals surface area contributed by atoms with E-state index < -0.39 is 0 Å². The summed E-state index contributed by atoms with van der Waals surface area (Å²) in [5.41, 5.74) is 0.949. The molecule has 0 fully saturated rings. The third-order valence-corrected chi connectivity index (χ3v) is 2.73. The highest BCUT2D eigenvalue weighted by Gasteiger charge is 2.22. The van der Waals surface area contributed by atoms with Gasteiger partial charge in [0.1, 0.15) is 11.5 Å². The average Bonchev–Trinajstić information content (AvgIpc) is 2.83. The van der Waals surface area contributed by atoms with Gasteiger partial charge in [-0.25, -0.2) is 9.67 Å². The molecule has 5 nitrogen and oxygen atoms in total. The molecule has 0 unspecified atom stereocenters. The molecule has 2 aromatic heterocycles. The fourth-order valence-corrected chi connectivity index (χ4v) is 1.96. The standard InChI is InChI=1S/C13H21N5/c1-6-9-17-11(7-8-14-17)12-15-10(2)16-18(12)13(3,4)5/h7-8H,6,9H2,1-5H3. The van der Waals surface area contributed by atoms with Gasteiger partial charge in [-0.1, -0.05) is 6.92 Å². The van der Waals surface area contributed by atoms with Crippen LogP contribution in [0.25, 0.3) is 11.5 Å². The topological polar surface area (TPSA) is 48.5 Å². The van der Waals surface area contributed by atoms with E-state index >= 15 is 0 Å². The molecular weight excluding hydrogens is 226 g/mol. The molecule has 0 radical (unpaired) electrons. The zero-order valence-electron chi connectivity index (χ0n) is 11.8. The van der Waals surface area contributed by atoms with Crippen LogP contribution in [0.1, 0.15) is 39.9 Å². The molecule has 0 aliphatic carbocycles. The molecule has 2 rings (SSSR count). The third-order valence-electron chi connectivity index (χ3n) is 2.73. The molecule has 2 heterocycles. The first-order valence-corrected chi connectivity index (χ1v) is 6.40. The third kappa shape index (κ3) is 2.30. The summed E-state index contributed by atoms with van der Waals surface area (Å²) in [6.07, 6.45) is 2.87. The van der Waals surface area contributed by atoms with Crippen molar-refractivity contribution < 1.29 is 0 Å². The van der Waals surface area contributed by atoms with Crippen molar-refractivity contribution in [2.45, 2.75) is 53.1 Å². The van der Waals surface area contributed by atoms with Crippen LogP contribution in [-0.4, -0.2) is 24.5 Å². The highest BCUT2D eigenvalue weighted by molar-refractivity contribution is 5.49. The van der Waals surface area contributed by atoms with Gasteiger partial charge in [-0.05, 0) is 40.2 Å². The number of aromatic nitrogens is 5. The Morgan fingerprint density at radius 2 is 2.00 bits per heavy atom. The quantitative estimate of drug-likeness (QED) is 0.837. The lowest BCUT2D eigenvalue weighted by Gasteiger charge is -2.21. The Labute approximate surface area is 108 Å². The average molecular weight is 247 g/mol. The van der Waals surface area contributed by atoms with Crippen molar-refractivity contribution in [1.82, 2.24) is 24.5 Å². The van der Waals surface area contributed by atoms with Gasteiger partial charge in [0.25, 0.3) is 0 Å². The van der Waals surface area contributed by atoms with E-state index in [1.807, 2.05) is 28.6 Å². The molecule has 0 saturated heterocycles. The normalized spacial score (nSPS) is 12.1. The molecule has 5 heteroatoms. The maximum Gasteiger partial charge on any atom is 0.177 e. The number of nitrogens with zero attached hydrogens (tertiary/aromatic N) is 5. The SMILES string of the molecule is CCCn1nccc1-c1nc(C)nn1C(C)(C)C. The van der Waals surface area contributed by atoms with Crippen molar-refractivity contribution in [3.05, 3.63) is 18.1 Å². The van der Waals surface area contributed by atoms with E-state index in [0.29, 0.717) is 0 Å². The van der Waals surface area contributed by atoms with Gasteiger partial charge >= 0.3 is 0 Å². The molecule has 0 N–H and O–H groups in total. The monoisotopic (exact) mass is 247 g/mol. The second-order valence-electron chi connectivity index (χ2n) is 5.50. The summed E-state index contributed by atoms with van der Waals surface area (Å²) < 4.78 is 3.97. The first-order valence-electron chi connectivity index (χ1n) is 6.40. The van der Waals surface area contributed by atoms with Crippen molar-refractivity contribution >= 4 is 0 Å². The van der Waals surface area contributed by atoms with Crippen LogP contribution >= 0.6 is 0 Å². The summed E-state index contributed by atoms with van der Waals surface area (Å²) in [6.45, 7) is 11.4. The fourth-order valence-electron chi connectivity index (χ4n) is 1.96. The second kappa shape index (κ2) is 4.55. The van der Waals surface area contributed by atoms with E-state index in [-0.39, 0.29) is 5.54 Å². The van der Waals surface area contributed by atoms with Crippen molar-refractivity contribution in [1.29, 1.82) is 0 Å². The molecule has 0 spiro atoms. The Balaban J connectivity index is 2.53. The Morgan fingerprint density at radius 1 is 1.28 bits per heavy atom. The van der Waals surface area contributed by atoms with Gasteiger partial charge in [-0.2, -0.15) is 10.2 Å². The number of hydrogen-bond acceptors (Lipinski definition) is 3. The summed E-state index contributed by atoms with van der Waals surface area (Å²) in [6, 6.07) is 2.00. The van der Waals surface area contributed by atoms with Gasteiger partial charge < -0.3 is 0 Å². The summed E-state index contributed by atoms with van der Waals surface area (Å²) >= 11 is 0. The number of rotatable bonds is 3. The molecular formula is C13H21N5. The Hall–Kier alpha value is -1.65. The molecule has 0 bridgehead atoms. The molecule has 0 amide bonds. The largest absolute Gasteiger partial charge is 0.262 e. The second-order valence-corrected chi connectivity index (χ2v) is 5.50. The van der Waals surface area contributed by atoms with Crippen molar-refractivity contribution in [3.63, 3.8) is 0 Å². The maximum atomic E-state index is 4.55. The summed E-state index contributed by atoms with van der Waals surface area (Å²) in [5.74, 6) is 1.69. The van der Waals surface area contributed by atoms with Crippen LogP contribution in [0.2, 0.25) is 0 Å². The van der Waals surface area contributed by atoms with E-state index in [9.17, 15) is 0 Å². The van der Waals surface area contributed by atoms with Crippen LogP contribution in [0.5, 0.6) is 0 Å². The molecule has 0 saturated carbocycles. The summed E-state index contributed by atoms with van der Waals surface area (Å²) in [4.78, 5) is 4.55. The van der Waals surface area contributed by atoms with Crippen LogP contribution in [0.15, 0.2) is 12.3 Å². The maximum absolute atomic E-state index is 4.55. The minimum atomic E-state index is -0.0854. The van der Waals surface area contributed by atoms with E-state index in [1.54, 1.807) is 0 Å². The van der Waals surface area contributed by atoms with E-state index in [1.165, 1.54) is 0 Å². The van der Waals surface area contributed by atoms with E-state index in [4.69, 9.17) is 0 Å². The minimum Gasteiger partial charge on any atom is -0.262 e. The molecule has 18 heavy (non-hydrogen) atoms. The summed E-state index contributed by atoms with van der Waals surface area (Å²) in [5, 5.41) is 8.85. The number of aryl methyl sites for hydroxylation is 2. The number of hydrogen-bond donors (Lipinski definition) is 0. The lowest BCUT2D eigenvalue weighted by molar-refractivity contribution is 0.356. The van der Waals surface area contributed by atoms with Crippen LogP contribution in [0.3, 0.4) is 0 Å². The first kappa shape index (κ1) is 12.8. The lowest BCUT2D eigenvalue weighted by Crippen LogP contribution is -2.24. The predicted molar refractivity (Wildman–Crippen MR) is 71.3 cm³/mol. The predicted octanol–water partition coefficient (Wildman–Crippen LogP) is 2.62.